The normalized spacial score (nSPS) is 22.8. The molecule has 1 aromatic heterocycles. The first-order valence-corrected chi connectivity index (χ1v) is 11.6. The van der Waals surface area contributed by atoms with Gasteiger partial charge in [-0.05, 0) is 32.1 Å². The number of likely N-dealkylation sites (tertiary alicyclic amines) is 1. The van der Waals surface area contributed by atoms with Crippen LogP contribution in [0.4, 0.5) is 0 Å². The van der Waals surface area contributed by atoms with Crippen molar-refractivity contribution in [2.75, 3.05) is 18.8 Å². The van der Waals surface area contributed by atoms with Crippen LogP contribution in [0.1, 0.15) is 50.6 Å². The molecule has 1 amide bonds. The molecule has 2 saturated heterocycles. The number of piperidine rings is 1. The Balaban J connectivity index is 1.42. The smallest absolute Gasteiger partial charge is 0.251 e. The number of carbonyl (C=O) groups excluding carboxylic acids is 1. The first kappa shape index (κ1) is 19.3. The predicted molar refractivity (Wildman–Crippen MR) is 104 cm³/mol. The number of aromatic nitrogens is 2. The maximum atomic E-state index is 12.5. The van der Waals surface area contributed by atoms with Gasteiger partial charge in [-0.15, -0.1) is 0 Å². The van der Waals surface area contributed by atoms with Crippen LogP contribution in [0.25, 0.3) is 0 Å². The number of ether oxygens (including phenoxy) is 1. The Hall–Kier alpha value is -1.46. The zero-order valence-corrected chi connectivity index (χ0v) is 16.4. The maximum Gasteiger partial charge on any atom is 0.251 e. The molecule has 3 rings (SSSR count). The lowest BCUT2D eigenvalue weighted by Gasteiger charge is -2.32. The Morgan fingerprint density at radius 1 is 1.35 bits per heavy atom. The minimum Gasteiger partial charge on any atom is -0.470 e. The van der Waals surface area contributed by atoms with Gasteiger partial charge in [0.1, 0.15) is 12.2 Å². The molecule has 0 aliphatic carbocycles. The number of nitrogens with zero attached hydrogens (tertiary/aromatic N) is 4. The summed E-state index contributed by atoms with van der Waals surface area (Å²) in [5.41, 5.74) is 0.193. The molecule has 6 nitrogen and oxygen atoms in total. The van der Waals surface area contributed by atoms with Crippen molar-refractivity contribution in [3.63, 3.8) is 0 Å². The molecule has 0 aromatic carbocycles. The number of nitriles is 1. The van der Waals surface area contributed by atoms with Gasteiger partial charge in [-0.3, -0.25) is 4.79 Å². The first-order chi connectivity index (χ1) is 12.8. The third kappa shape index (κ3) is 5.52. The molecule has 0 radical (unpaired) electrons. The van der Waals surface area contributed by atoms with E-state index in [1.54, 1.807) is 0 Å². The monoisotopic (exact) mass is 392 g/mol. The molecule has 2 aliphatic rings. The summed E-state index contributed by atoms with van der Waals surface area (Å²) in [4.78, 5) is 22.5. The highest BCUT2D eigenvalue weighted by Crippen LogP contribution is 2.39. The Bertz CT molecular complexity index is 646. The molecule has 2 aliphatic heterocycles. The molecule has 26 heavy (non-hydrogen) atoms. The summed E-state index contributed by atoms with van der Waals surface area (Å²) in [6, 6.07) is 1.99. The van der Waals surface area contributed by atoms with Gasteiger partial charge in [-0.25, -0.2) is 9.97 Å². The fourth-order valence-corrected chi connectivity index (χ4v) is 6.31. The van der Waals surface area contributed by atoms with E-state index in [9.17, 15) is 4.79 Å². The van der Waals surface area contributed by atoms with Crippen LogP contribution in [0.3, 0.4) is 0 Å². The summed E-state index contributed by atoms with van der Waals surface area (Å²) in [5, 5.41) is 9.87. The largest absolute Gasteiger partial charge is 0.470 e. The van der Waals surface area contributed by atoms with Crippen molar-refractivity contribution in [1.29, 1.82) is 5.26 Å². The number of unbranched alkanes of at least 4 members (excludes halogenated alkanes) is 1. The molecule has 1 aromatic rings. The van der Waals surface area contributed by atoms with Crippen LogP contribution in [0, 0.1) is 11.3 Å². The van der Waals surface area contributed by atoms with Crippen LogP contribution >= 0.6 is 21.6 Å². The Morgan fingerprint density at radius 3 is 3.04 bits per heavy atom. The van der Waals surface area contributed by atoms with Gasteiger partial charge in [-0.1, -0.05) is 28.0 Å². The van der Waals surface area contributed by atoms with Gasteiger partial charge < -0.3 is 9.64 Å². The van der Waals surface area contributed by atoms with E-state index in [4.69, 9.17) is 10.00 Å². The molecule has 3 heterocycles. The minimum atomic E-state index is -0.122. The van der Waals surface area contributed by atoms with Crippen molar-refractivity contribution in [3.05, 3.63) is 18.1 Å². The molecular formula is C18H24N4O2S2. The van der Waals surface area contributed by atoms with E-state index in [0.717, 1.165) is 37.5 Å². The summed E-state index contributed by atoms with van der Waals surface area (Å²) in [6.45, 7) is 1.36. The van der Waals surface area contributed by atoms with Crippen LogP contribution in [-0.2, 0) is 4.79 Å². The predicted octanol–water partition coefficient (Wildman–Crippen LogP) is 3.43. The van der Waals surface area contributed by atoms with Crippen molar-refractivity contribution in [3.8, 4) is 11.9 Å². The van der Waals surface area contributed by atoms with Gasteiger partial charge in [-0.2, -0.15) is 5.26 Å². The highest BCUT2D eigenvalue weighted by atomic mass is 33.1. The second-order valence-electron chi connectivity index (χ2n) is 6.62. The van der Waals surface area contributed by atoms with E-state index in [-0.39, 0.29) is 23.6 Å². The van der Waals surface area contributed by atoms with Crippen LogP contribution in [0.15, 0.2) is 12.4 Å². The Morgan fingerprint density at radius 2 is 2.23 bits per heavy atom. The van der Waals surface area contributed by atoms with Crippen molar-refractivity contribution < 1.29 is 9.53 Å². The van der Waals surface area contributed by atoms with Crippen molar-refractivity contribution in [1.82, 2.24) is 14.9 Å². The quantitative estimate of drug-likeness (QED) is 0.519. The summed E-state index contributed by atoms with van der Waals surface area (Å²) < 4.78 is 5.86. The first-order valence-electron chi connectivity index (χ1n) is 9.20. The van der Waals surface area contributed by atoms with Gasteiger partial charge in [0, 0.05) is 36.4 Å². The second-order valence-corrected chi connectivity index (χ2v) is 9.41. The van der Waals surface area contributed by atoms with Gasteiger partial charge in [0.25, 0.3) is 5.88 Å². The second kappa shape index (κ2) is 10.0. The standard InChI is InChI=1S/C18H24N4O2S2/c19-12-16-18(21-9-8-20-16)24-14-4-3-10-22(13-14)17(23)6-2-1-5-15-7-11-25-26-15/h8-9,14-15H,1-7,10-11,13H2. The SMILES string of the molecule is N#Cc1nccnc1OC1CCCN(C(=O)CCCCC2CCSS2)C1. The number of amides is 1. The van der Waals surface area contributed by atoms with Crippen molar-refractivity contribution in [2.24, 2.45) is 0 Å². The van der Waals surface area contributed by atoms with E-state index in [1.807, 2.05) is 32.6 Å². The van der Waals surface area contributed by atoms with E-state index in [0.29, 0.717) is 13.0 Å². The van der Waals surface area contributed by atoms with E-state index in [1.165, 1.54) is 31.0 Å². The summed E-state index contributed by atoms with van der Waals surface area (Å²) >= 11 is 0. The molecule has 0 saturated carbocycles. The van der Waals surface area contributed by atoms with Crippen molar-refractivity contribution >= 4 is 27.5 Å². The Kier molecular flexibility index (Phi) is 7.44. The van der Waals surface area contributed by atoms with Gasteiger partial charge in [0.2, 0.25) is 11.6 Å². The fraction of sp³-hybridized carbons (Fsp3) is 0.667. The average molecular weight is 393 g/mol. The molecule has 0 bridgehead atoms. The van der Waals surface area contributed by atoms with E-state index in [2.05, 4.69) is 9.97 Å². The fourth-order valence-electron chi connectivity index (χ4n) is 3.28. The molecule has 0 spiro atoms. The molecule has 0 N–H and O–H groups in total. The third-order valence-corrected chi connectivity index (χ3v) is 7.68. The molecular weight excluding hydrogens is 368 g/mol. The average Bonchev–Trinajstić information content (AvgIpc) is 3.19. The number of hydrogen-bond acceptors (Lipinski definition) is 7. The van der Waals surface area contributed by atoms with Crippen LogP contribution in [0.5, 0.6) is 5.88 Å². The topological polar surface area (TPSA) is 79.1 Å². The zero-order valence-electron chi connectivity index (χ0n) is 14.8. The van der Waals surface area contributed by atoms with Gasteiger partial charge >= 0.3 is 0 Å². The van der Waals surface area contributed by atoms with E-state index >= 15 is 0 Å². The summed E-state index contributed by atoms with van der Waals surface area (Å²) in [7, 11) is 3.97. The number of hydrogen-bond donors (Lipinski definition) is 0. The highest BCUT2D eigenvalue weighted by Gasteiger charge is 2.26. The van der Waals surface area contributed by atoms with E-state index < -0.39 is 0 Å². The molecule has 8 heteroatoms. The van der Waals surface area contributed by atoms with Crippen LogP contribution in [-0.4, -0.2) is 51.0 Å². The lowest BCUT2D eigenvalue weighted by atomic mass is 10.1. The molecule has 2 atom stereocenters. The molecule has 2 unspecified atom stereocenters. The van der Waals surface area contributed by atoms with Crippen LogP contribution < -0.4 is 4.74 Å². The number of rotatable bonds is 7. The summed E-state index contributed by atoms with van der Waals surface area (Å²) in [6.07, 6.45) is 9.88. The lowest BCUT2D eigenvalue weighted by Crippen LogP contribution is -2.44. The maximum absolute atomic E-state index is 12.5. The minimum absolute atomic E-state index is 0.122. The summed E-state index contributed by atoms with van der Waals surface area (Å²) in [5.74, 6) is 1.75. The highest BCUT2D eigenvalue weighted by molar-refractivity contribution is 8.77. The molecule has 2 fully saturated rings. The molecule has 140 valence electrons. The zero-order chi connectivity index (χ0) is 18.2. The number of carbonyl (C=O) groups is 1. The third-order valence-electron chi connectivity index (χ3n) is 4.67. The van der Waals surface area contributed by atoms with Crippen molar-refractivity contribution in [2.45, 2.75) is 56.3 Å². The van der Waals surface area contributed by atoms with Gasteiger partial charge in [0.05, 0.1) is 6.54 Å². The van der Waals surface area contributed by atoms with Crippen LogP contribution in [0.2, 0.25) is 0 Å². The Labute approximate surface area is 162 Å². The lowest BCUT2D eigenvalue weighted by molar-refractivity contribution is -0.134. The van der Waals surface area contributed by atoms with Gasteiger partial charge in [0.15, 0.2) is 0 Å².